The summed E-state index contributed by atoms with van der Waals surface area (Å²) in [4.78, 5) is 33.8. The van der Waals surface area contributed by atoms with Crippen LogP contribution in [0.3, 0.4) is 0 Å². The Hall–Kier alpha value is -3.83. The van der Waals surface area contributed by atoms with Gasteiger partial charge in [0.1, 0.15) is 18.0 Å². The summed E-state index contributed by atoms with van der Waals surface area (Å²) in [5.41, 5.74) is 1.76. The van der Waals surface area contributed by atoms with E-state index in [9.17, 15) is 23.1 Å². The average Bonchev–Trinajstić information content (AvgIpc) is 3.73. The monoisotopic (exact) mass is 580 g/mol. The van der Waals surface area contributed by atoms with Gasteiger partial charge < -0.3 is 9.84 Å². The van der Waals surface area contributed by atoms with E-state index in [0.29, 0.717) is 5.69 Å². The molecule has 2 aromatic heterocycles. The number of carboxylic acids is 1. The van der Waals surface area contributed by atoms with E-state index < -0.39 is 34.2 Å². The number of aliphatic carboxylic acids is 1. The highest BCUT2D eigenvalue weighted by molar-refractivity contribution is 7.89. The van der Waals surface area contributed by atoms with Crippen molar-refractivity contribution in [1.82, 2.24) is 14.3 Å². The van der Waals surface area contributed by atoms with Gasteiger partial charge in [0.2, 0.25) is 0 Å². The van der Waals surface area contributed by atoms with Crippen molar-refractivity contribution in [3.63, 3.8) is 0 Å². The van der Waals surface area contributed by atoms with Crippen molar-refractivity contribution < 1.29 is 27.9 Å². The minimum absolute atomic E-state index is 0.0352. The number of aromatic nitrogens is 2. The Labute approximate surface area is 241 Å². The van der Waals surface area contributed by atoms with Crippen molar-refractivity contribution in [1.29, 1.82) is 0 Å². The summed E-state index contributed by atoms with van der Waals surface area (Å²) >= 11 is 0. The van der Waals surface area contributed by atoms with Crippen LogP contribution in [0.1, 0.15) is 63.8 Å². The molecule has 1 aliphatic carbocycles. The molecule has 1 fully saturated rings. The van der Waals surface area contributed by atoms with Crippen LogP contribution >= 0.6 is 0 Å². The van der Waals surface area contributed by atoms with Crippen molar-refractivity contribution in [3.05, 3.63) is 83.7 Å². The fraction of sp³-hybridized carbons (Fsp3) is 0.400. The molecule has 0 spiro atoms. The van der Waals surface area contributed by atoms with Crippen molar-refractivity contribution in [2.45, 2.75) is 76.1 Å². The molecule has 2 heterocycles. The molecular formula is C30H36N4O6S. The average molecular weight is 581 g/mol. The van der Waals surface area contributed by atoms with Gasteiger partial charge in [-0.15, -0.1) is 0 Å². The second-order valence-electron chi connectivity index (χ2n) is 11.2. The molecule has 0 aliphatic heterocycles. The van der Waals surface area contributed by atoms with Crippen LogP contribution in [0, 0.1) is 0 Å². The first-order valence-electron chi connectivity index (χ1n) is 13.5. The van der Waals surface area contributed by atoms with Crippen LogP contribution in [-0.2, 0) is 38.1 Å². The van der Waals surface area contributed by atoms with E-state index in [1.165, 1.54) is 28.2 Å². The Morgan fingerprint density at radius 2 is 1.71 bits per heavy atom. The molecule has 0 unspecified atom stereocenters. The summed E-state index contributed by atoms with van der Waals surface area (Å²) in [6.07, 6.45) is 3.93. The van der Waals surface area contributed by atoms with Gasteiger partial charge in [-0.2, -0.15) is 4.31 Å². The topological polar surface area (TPSA) is 130 Å². The maximum absolute atomic E-state index is 13.7. The Kier molecular flexibility index (Phi) is 8.79. The summed E-state index contributed by atoms with van der Waals surface area (Å²) in [7, 11) is -4.04. The van der Waals surface area contributed by atoms with Crippen LogP contribution in [0.25, 0.3) is 0 Å². The predicted octanol–water partition coefficient (Wildman–Crippen LogP) is 5.14. The first-order chi connectivity index (χ1) is 19.3. The molecule has 0 atom stereocenters. The zero-order chi connectivity index (χ0) is 29.8. The zero-order valence-corrected chi connectivity index (χ0v) is 24.6. The van der Waals surface area contributed by atoms with Gasteiger partial charge in [0.05, 0.1) is 12.2 Å². The molecule has 3 aromatic rings. The fourth-order valence-corrected chi connectivity index (χ4v) is 5.93. The number of anilines is 1. The first-order valence-corrected chi connectivity index (χ1v) is 15.0. The van der Waals surface area contributed by atoms with E-state index in [-0.39, 0.29) is 29.3 Å². The number of carbonyl (C=O) groups is 2. The number of pyridine rings is 2. The van der Waals surface area contributed by atoms with Crippen LogP contribution in [-0.4, -0.2) is 52.0 Å². The number of hydrogen-bond acceptors (Lipinski definition) is 7. The SMILES string of the molecule is CCC1(c2ccc(CN(Cc3cccc(N(CC(=O)O)C(=O)OC(C)(C)C)n3)S(=O)(=O)c3ccccn3)cc2)CC1. The zero-order valence-electron chi connectivity index (χ0n) is 23.8. The van der Waals surface area contributed by atoms with E-state index in [1.807, 2.05) is 12.1 Å². The molecule has 41 heavy (non-hydrogen) atoms. The lowest BCUT2D eigenvalue weighted by molar-refractivity contribution is -0.135. The highest BCUT2D eigenvalue weighted by Crippen LogP contribution is 2.50. The molecule has 0 bridgehead atoms. The second-order valence-corrected chi connectivity index (χ2v) is 13.1. The van der Waals surface area contributed by atoms with Crippen LogP contribution in [0.5, 0.6) is 0 Å². The number of hydrogen-bond donors (Lipinski definition) is 1. The number of amides is 1. The normalized spacial score (nSPS) is 14.5. The van der Waals surface area contributed by atoms with Gasteiger partial charge in [0.15, 0.2) is 5.03 Å². The number of carboxylic acid groups (broad SMARTS) is 1. The number of rotatable bonds is 11. The molecular weight excluding hydrogens is 544 g/mol. The molecule has 1 N–H and O–H groups in total. The van der Waals surface area contributed by atoms with E-state index in [4.69, 9.17) is 4.74 Å². The first kappa shape index (κ1) is 30.1. The van der Waals surface area contributed by atoms with Gasteiger partial charge >= 0.3 is 12.1 Å². The lowest BCUT2D eigenvalue weighted by Crippen LogP contribution is -2.40. The Morgan fingerprint density at radius 3 is 2.27 bits per heavy atom. The van der Waals surface area contributed by atoms with Gasteiger partial charge in [0.25, 0.3) is 10.0 Å². The van der Waals surface area contributed by atoms with Gasteiger partial charge in [-0.05, 0) is 80.8 Å². The molecule has 0 radical (unpaired) electrons. The van der Waals surface area contributed by atoms with Crippen LogP contribution in [0.4, 0.5) is 10.6 Å². The quantitative estimate of drug-likeness (QED) is 0.330. The lowest BCUT2D eigenvalue weighted by atomic mass is 9.92. The van der Waals surface area contributed by atoms with Gasteiger partial charge in [-0.25, -0.2) is 23.2 Å². The molecule has 1 amide bonds. The predicted molar refractivity (Wildman–Crippen MR) is 154 cm³/mol. The molecule has 1 aliphatic rings. The molecule has 4 rings (SSSR count). The minimum Gasteiger partial charge on any atom is -0.480 e. The van der Waals surface area contributed by atoms with Crippen molar-refractivity contribution >= 4 is 27.9 Å². The van der Waals surface area contributed by atoms with Crippen molar-refractivity contribution in [2.75, 3.05) is 11.4 Å². The standard InChI is InChI=1S/C30H36N4O6S/c1-5-30(16-17-30)23-14-12-22(13-15-23)19-33(41(38,39)26-11-6-7-18-31-26)20-24-9-8-10-25(32-24)34(21-27(35)36)28(37)40-29(2,3)4/h6-15,18H,5,16-17,19-21H2,1-4H3,(H,35,36). The molecule has 1 aromatic carbocycles. The minimum atomic E-state index is -4.04. The van der Waals surface area contributed by atoms with Gasteiger partial charge in [-0.1, -0.05) is 43.3 Å². The Balaban J connectivity index is 1.65. The second kappa shape index (κ2) is 12.0. The van der Waals surface area contributed by atoms with Crippen molar-refractivity contribution in [2.24, 2.45) is 0 Å². The van der Waals surface area contributed by atoms with E-state index >= 15 is 0 Å². The largest absolute Gasteiger partial charge is 0.480 e. The lowest BCUT2D eigenvalue weighted by Gasteiger charge is -2.26. The van der Waals surface area contributed by atoms with Crippen molar-refractivity contribution in [3.8, 4) is 0 Å². The molecule has 0 saturated heterocycles. The number of nitrogens with zero attached hydrogens (tertiary/aromatic N) is 4. The number of ether oxygens (including phenoxy) is 1. The van der Waals surface area contributed by atoms with E-state index in [2.05, 4.69) is 29.0 Å². The summed E-state index contributed by atoms with van der Waals surface area (Å²) in [5, 5.41) is 9.32. The maximum atomic E-state index is 13.7. The third-order valence-electron chi connectivity index (χ3n) is 7.01. The van der Waals surface area contributed by atoms with Crippen LogP contribution in [0.2, 0.25) is 0 Å². The highest BCUT2D eigenvalue weighted by atomic mass is 32.2. The number of carbonyl (C=O) groups excluding carboxylic acids is 1. The maximum Gasteiger partial charge on any atom is 0.416 e. The Morgan fingerprint density at radius 1 is 1.00 bits per heavy atom. The summed E-state index contributed by atoms with van der Waals surface area (Å²) < 4.78 is 34.1. The third-order valence-corrected chi connectivity index (χ3v) is 8.72. The van der Waals surface area contributed by atoms with Gasteiger partial charge in [-0.3, -0.25) is 9.69 Å². The van der Waals surface area contributed by atoms with Crippen LogP contribution in [0.15, 0.2) is 71.9 Å². The van der Waals surface area contributed by atoms with Gasteiger partial charge in [0, 0.05) is 12.7 Å². The smallest absolute Gasteiger partial charge is 0.416 e. The Bertz CT molecular complexity index is 1480. The highest BCUT2D eigenvalue weighted by Gasteiger charge is 2.42. The summed E-state index contributed by atoms with van der Waals surface area (Å²) in [6, 6.07) is 17.4. The number of benzene rings is 1. The molecule has 11 heteroatoms. The summed E-state index contributed by atoms with van der Waals surface area (Å²) in [5.74, 6) is -1.21. The molecule has 1 saturated carbocycles. The molecule has 218 valence electrons. The van der Waals surface area contributed by atoms with E-state index in [1.54, 1.807) is 45.0 Å². The number of sulfonamides is 1. The summed E-state index contributed by atoms with van der Waals surface area (Å²) in [6.45, 7) is 6.46. The van der Waals surface area contributed by atoms with Crippen LogP contribution < -0.4 is 4.90 Å². The molecule has 10 nitrogen and oxygen atoms in total. The third kappa shape index (κ3) is 7.47. The fourth-order valence-electron chi connectivity index (χ4n) is 4.60. The van der Waals surface area contributed by atoms with E-state index in [0.717, 1.165) is 29.7 Å².